The number of hydrogen-bond donors (Lipinski definition) is 1. The Labute approximate surface area is 179 Å². The molecule has 0 amide bonds. The van der Waals surface area contributed by atoms with Crippen molar-refractivity contribution in [2.75, 3.05) is 0 Å². The number of aromatic amines is 1. The number of aryl methyl sites for hydroxylation is 1. The van der Waals surface area contributed by atoms with E-state index in [1.165, 1.54) is 5.56 Å². The van der Waals surface area contributed by atoms with Crippen LogP contribution < -0.4 is 15.0 Å². The summed E-state index contributed by atoms with van der Waals surface area (Å²) in [6.45, 7) is 2.54. The lowest BCUT2D eigenvalue weighted by molar-refractivity contribution is -0.135. The van der Waals surface area contributed by atoms with Crippen LogP contribution in [0.1, 0.15) is 34.6 Å². The van der Waals surface area contributed by atoms with Gasteiger partial charge in [-0.25, -0.2) is 0 Å². The Hall–Kier alpha value is -3.86. The fourth-order valence-electron chi connectivity index (χ4n) is 4.09. The van der Waals surface area contributed by atoms with E-state index < -0.39 is 0 Å². The number of benzene rings is 3. The maximum Gasteiger partial charge on any atom is 0.312 e. The number of pyridine rings is 1. The summed E-state index contributed by atoms with van der Waals surface area (Å²) in [6, 6.07) is 23.0. The van der Waals surface area contributed by atoms with Crippen molar-refractivity contribution in [3.05, 3.63) is 105 Å². The van der Waals surface area contributed by atoms with Crippen LogP contribution in [0.4, 0.5) is 0 Å². The number of hydrogen-bond acceptors (Lipinski definition) is 4. The Morgan fingerprint density at radius 1 is 0.968 bits per heavy atom. The SMILES string of the molecule is Cc1ccccc1COc1ccc(C2CC(=O)Oc3c2c(=O)[nH]c2ccccc32)cc1. The molecule has 1 aromatic heterocycles. The molecule has 4 aromatic rings. The highest BCUT2D eigenvalue weighted by atomic mass is 16.5. The van der Waals surface area contributed by atoms with E-state index in [1.807, 2.05) is 60.7 Å². The van der Waals surface area contributed by atoms with Crippen molar-refractivity contribution in [3.63, 3.8) is 0 Å². The number of rotatable bonds is 4. The van der Waals surface area contributed by atoms with Gasteiger partial charge >= 0.3 is 5.97 Å². The van der Waals surface area contributed by atoms with Crippen LogP contribution in [0.5, 0.6) is 11.5 Å². The molecule has 31 heavy (non-hydrogen) atoms. The molecule has 0 saturated carbocycles. The van der Waals surface area contributed by atoms with Crippen molar-refractivity contribution in [2.45, 2.75) is 25.9 Å². The average Bonchev–Trinajstić information content (AvgIpc) is 2.78. The van der Waals surface area contributed by atoms with Gasteiger partial charge in [-0.3, -0.25) is 9.59 Å². The molecule has 0 radical (unpaired) electrons. The van der Waals surface area contributed by atoms with Gasteiger partial charge in [0.1, 0.15) is 18.1 Å². The van der Waals surface area contributed by atoms with E-state index in [0.29, 0.717) is 23.4 Å². The predicted molar refractivity (Wildman–Crippen MR) is 119 cm³/mol. The topological polar surface area (TPSA) is 68.4 Å². The normalized spacial score (nSPS) is 15.4. The minimum Gasteiger partial charge on any atom is -0.489 e. The number of esters is 1. The second-order valence-electron chi connectivity index (χ2n) is 7.76. The van der Waals surface area contributed by atoms with Gasteiger partial charge in [0.25, 0.3) is 5.56 Å². The molecule has 1 unspecified atom stereocenters. The van der Waals surface area contributed by atoms with Gasteiger partial charge in [0.15, 0.2) is 0 Å². The average molecular weight is 411 g/mol. The first-order valence-electron chi connectivity index (χ1n) is 10.2. The lowest BCUT2D eigenvalue weighted by Gasteiger charge is -2.25. The third kappa shape index (κ3) is 3.59. The molecule has 5 rings (SSSR count). The van der Waals surface area contributed by atoms with Crippen molar-refractivity contribution < 1.29 is 14.3 Å². The summed E-state index contributed by atoms with van der Waals surface area (Å²) in [6.07, 6.45) is 0.123. The van der Waals surface area contributed by atoms with Crippen LogP contribution in [0.15, 0.2) is 77.6 Å². The van der Waals surface area contributed by atoms with Crippen LogP contribution in [0.25, 0.3) is 10.9 Å². The second-order valence-corrected chi connectivity index (χ2v) is 7.76. The molecule has 0 aliphatic carbocycles. The molecule has 0 spiro atoms. The fraction of sp³-hybridized carbons (Fsp3) is 0.154. The Balaban J connectivity index is 1.46. The van der Waals surface area contributed by atoms with Crippen molar-refractivity contribution in [1.29, 1.82) is 0 Å². The highest BCUT2D eigenvalue weighted by Gasteiger charge is 2.32. The number of carbonyl (C=O) groups is 1. The van der Waals surface area contributed by atoms with Gasteiger partial charge in [-0.05, 0) is 47.9 Å². The van der Waals surface area contributed by atoms with Crippen molar-refractivity contribution in [2.24, 2.45) is 0 Å². The number of fused-ring (bicyclic) bond motifs is 3. The molecule has 0 bridgehead atoms. The molecule has 0 saturated heterocycles. The molecule has 1 aliphatic heterocycles. The summed E-state index contributed by atoms with van der Waals surface area (Å²) in [5.74, 6) is 0.390. The minimum atomic E-state index is -0.366. The molecule has 5 nitrogen and oxygen atoms in total. The monoisotopic (exact) mass is 411 g/mol. The number of aromatic nitrogens is 1. The van der Waals surface area contributed by atoms with E-state index in [4.69, 9.17) is 9.47 Å². The standard InChI is InChI=1S/C26H21NO4/c1-16-6-2-3-7-18(16)15-30-19-12-10-17(11-13-19)21-14-23(28)31-25-20-8-4-5-9-22(20)27-26(29)24(21)25/h2-13,21H,14-15H2,1H3,(H,27,29). The highest BCUT2D eigenvalue weighted by molar-refractivity contribution is 5.91. The number of carbonyl (C=O) groups excluding carboxylic acids is 1. The summed E-state index contributed by atoms with van der Waals surface area (Å²) in [7, 11) is 0. The quantitative estimate of drug-likeness (QED) is 0.487. The zero-order valence-corrected chi connectivity index (χ0v) is 17.1. The van der Waals surface area contributed by atoms with Gasteiger partial charge in [0.2, 0.25) is 0 Å². The summed E-state index contributed by atoms with van der Waals surface area (Å²) < 4.78 is 11.4. The number of nitrogens with one attached hydrogen (secondary N) is 1. The van der Waals surface area contributed by atoms with E-state index >= 15 is 0 Å². The van der Waals surface area contributed by atoms with Crippen molar-refractivity contribution in [1.82, 2.24) is 4.98 Å². The molecular weight excluding hydrogens is 390 g/mol. The summed E-state index contributed by atoms with van der Waals surface area (Å²) >= 11 is 0. The maximum absolute atomic E-state index is 12.9. The Bertz CT molecular complexity index is 1340. The first kappa shape index (κ1) is 19.1. The van der Waals surface area contributed by atoms with E-state index in [9.17, 15) is 9.59 Å². The first-order chi connectivity index (χ1) is 15.1. The van der Waals surface area contributed by atoms with Gasteiger partial charge in [-0.2, -0.15) is 0 Å². The van der Waals surface area contributed by atoms with Gasteiger partial charge in [-0.15, -0.1) is 0 Å². The molecule has 1 aliphatic rings. The largest absolute Gasteiger partial charge is 0.489 e. The summed E-state index contributed by atoms with van der Waals surface area (Å²) in [5, 5.41) is 0.730. The van der Waals surface area contributed by atoms with Crippen molar-refractivity contribution in [3.8, 4) is 11.5 Å². The number of para-hydroxylation sites is 1. The van der Waals surface area contributed by atoms with Gasteiger partial charge < -0.3 is 14.5 Å². The molecule has 2 heterocycles. The van der Waals surface area contributed by atoms with E-state index in [2.05, 4.69) is 18.0 Å². The lowest BCUT2D eigenvalue weighted by Crippen LogP contribution is -2.28. The third-order valence-corrected chi connectivity index (χ3v) is 5.78. The van der Waals surface area contributed by atoms with E-state index in [-0.39, 0.29) is 23.9 Å². The first-order valence-corrected chi connectivity index (χ1v) is 10.2. The molecular formula is C26H21NO4. The second kappa shape index (κ2) is 7.76. The zero-order chi connectivity index (χ0) is 21.4. The third-order valence-electron chi connectivity index (χ3n) is 5.78. The Kier molecular flexibility index (Phi) is 4.79. The molecule has 1 N–H and O–H groups in total. The highest BCUT2D eigenvalue weighted by Crippen LogP contribution is 2.40. The lowest BCUT2D eigenvalue weighted by atomic mass is 9.86. The van der Waals surface area contributed by atoms with Crippen LogP contribution in [0, 0.1) is 6.92 Å². The van der Waals surface area contributed by atoms with Crippen LogP contribution in [-0.2, 0) is 11.4 Å². The van der Waals surface area contributed by atoms with Crippen LogP contribution in [0.3, 0.4) is 0 Å². The predicted octanol–water partition coefficient (Wildman–Crippen LogP) is 4.86. The molecule has 5 heteroatoms. The van der Waals surface area contributed by atoms with Crippen LogP contribution >= 0.6 is 0 Å². The summed E-state index contributed by atoms with van der Waals surface area (Å²) in [5.41, 5.74) is 4.11. The van der Waals surface area contributed by atoms with E-state index in [1.54, 1.807) is 6.07 Å². The molecule has 154 valence electrons. The minimum absolute atomic E-state index is 0.123. The number of ether oxygens (including phenoxy) is 2. The maximum atomic E-state index is 12.9. The Morgan fingerprint density at radius 2 is 1.71 bits per heavy atom. The Morgan fingerprint density at radius 3 is 2.52 bits per heavy atom. The molecule has 1 atom stereocenters. The zero-order valence-electron chi connectivity index (χ0n) is 17.1. The van der Waals surface area contributed by atoms with Crippen LogP contribution in [0.2, 0.25) is 0 Å². The van der Waals surface area contributed by atoms with Gasteiger partial charge in [0.05, 0.1) is 17.5 Å². The molecule has 0 fully saturated rings. The summed E-state index contributed by atoms with van der Waals surface area (Å²) in [4.78, 5) is 28.1. The van der Waals surface area contributed by atoms with E-state index in [0.717, 1.165) is 22.3 Å². The van der Waals surface area contributed by atoms with Crippen molar-refractivity contribution >= 4 is 16.9 Å². The van der Waals surface area contributed by atoms with Gasteiger partial charge in [0, 0.05) is 11.3 Å². The fourth-order valence-corrected chi connectivity index (χ4v) is 4.09. The van der Waals surface area contributed by atoms with Gasteiger partial charge in [-0.1, -0.05) is 48.5 Å². The molecule has 3 aromatic carbocycles. The smallest absolute Gasteiger partial charge is 0.312 e. The van der Waals surface area contributed by atoms with Crippen LogP contribution in [-0.4, -0.2) is 11.0 Å². The number of H-pyrrole nitrogens is 1.